The Morgan fingerprint density at radius 3 is 2.85 bits per heavy atom. The second-order valence-corrected chi connectivity index (χ2v) is 5.28. The first kappa shape index (κ1) is 15.2. The van der Waals surface area contributed by atoms with E-state index in [4.69, 9.17) is 16.3 Å². The normalized spacial score (nSPS) is 12.3. The van der Waals surface area contributed by atoms with Crippen molar-refractivity contribution in [3.05, 3.63) is 41.0 Å². The molecule has 5 nitrogen and oxygen atoms in total. The van der Waals surface area contributed by atoms with E-state index in [1.54, 1.807) is 0 Å². The fourth-order valence-electron chi connectivity index (χ4n) is 1.61. The maximum Gasteiger partial charge on any atom is 0.245 e. The van der Waals surface area contributed by atoms with E-state index in [0.717, 1.165) is 29.7 Å². The number of ether oxygens (including phenoxy) is 1. The molecule has 0 aliphatic carbocycles. The van der Waals surface area contributed by atoms with Crippen LogP contribution < -0.4 is 10.1 Å². The van der Waals surface area contributed by atoms with Crippen molar-refractivity contribution in [2.24, 2.45) is 0 Å². The lowest BCUT2D eigenvalue weighted by Crippen LogP contribution is -2.32. The first-order valence-corrected chi connectivity index (χ1v) is 7.38. The van der Waals surface area contributed by atoms with Crippen LogP contribution in [0.3, 0.4) is 0 Å². The van der Waals surface area contributed by atoms with E-state index in [9.17, 15) is 5.11 Å². The Hall–Kier alpha value is -1.21. The SMILES string of the molecule is OC(CNCCc1ccc(Cl)cc1)COc1cnsn1. The third-order valence-corrected chi connectivity index (χ3v) is 3.36. The Labute approximate surface area is 126 Å². The molecule has 1 heterocycles. The molecule has 0 amide bonds. The van der Waals surface area contributed by atoms with Crippen molar-refractivity contribution in [3.8, 4) is 5.88 Å². The molecule has 0 saturated carbocycles. The zero-order valence-corrected chi connectivity index (χ0v) is 12.4. The van der Waals surface area contributed by atoms with Crippen LogP contribution in [0.4, 0.5) is 0 Å². The fraction of sp³-hybridized carbons (Fsp3) is 0.385. The molecular weight excluding hydrogens is 298 g/mol. The van der Waals surface area contributed by atoms with Gasteiger partial charge in [-0.1, -0.05) is 23.7 Å². The highest BCUT2D eigenvalue weighted by molar-refractivity contribution is 6.99. The van der Waals surface area contributed by atoms with Crippen molar-refractivity contribution >= 4 is 23.3 Å². The van der Waals surface area contributed by atoms with Gasteiger partial charge in [0, 0.05) is 11.6 Å². The summed E-state index contributed by atoms with van der Waals surface area (Å²) in [6, 6.07) is 7.75. The summed E-state index contributed by atoms with van der Waals surface area (Å²) >= 11 is 6.90. The van der Waals surface area contributed by atoms with Gasteiger partial charge in [0.15, 0.2) is 0 Å². The molecule has 1 aromatic heterocycles. The van der Waals surface area contributed by atoms with Crippen LogP contribution in [0.5, 0.6) is 5.88 Å². The molecule has 7 heteroatoms. The van der Waals surface area contributed by atoms with Crippen LogP contribution in [0.1, 0.15) is 5.56 Å². The summed E-state index contributed by atoms with van der Waals surface area (Å²) in [7, 11) is 0. The smallest absolute Gasteiger partial charge is 0.245 e. The number of aliphatic hydroxyl groups excluding tert-OH is 1. The van der Waals surface area contributed by atoms with Gasteiger partial charge in [-0.05, 0) is 30.7 Å². The zero-order chi connectivity index (χ0) is 14.2. The average Bonchev–Trinajstić information content (AvgIpc) is 2.96. The number of aromatic nitrogens is 2. The third-order valence-electron chi connectivity index (χ3n) is 2.65. The lowest BCUT2D eigenvalue weighted by molar-refractivity contribution is 0.104. The lowest BCUT2D eigenvalue weighted by Gasteiger charge is -2.11. The molecule has 0 aliphatic rings. The number of benzene rings is 1. The van der Waals surface area contributed by atoms with Gasteiger partial charge in [0.25, 0.3) is 0 Å². The molecule has 108 valence electrons. The van der Waals surface area contributed by atoms with Crippen LogP contribution in [0.15, 0.2) is 30.5 Å². The van der Waals surface area contributed by atoms with Gasteiger partial charge in [-0.2, -0.15) is 4.37 Å². The van der Waals surface area contributed by atoms with Gasteiger partial charge in [0.2, 0.25) is 5.88 Å². The Balaban J connectivity index is 1.57. The third kappa shape index (κ3) is 5.42. The Morgan fingerprint density at radius 1 is 1.35 bits per heavy atom. The molecule has 1 aromatic carbocycles. The van der Waals surface area contributed by atoms with Gasteiger partial charge < -0.3 is 15.2 Å². The molecule has 20 heavy (non-hydrogen) atoms. The standard InChI is InChI=1S/C13H16ClN3O2S/c14-11-3-1-10(2-4-11)5-6-15-7-12(18)9-19-13-8-16-20-17-13/h1-4,8,12,15,18H,5-7,9H2. The molecule has 2 rings (SSSR count). The summed E-state index contributed by atoms with van der Waals surface area (Å²) in [5.74, 6) is 0.454. The molecule has 0 spiro atoms. The van der Waals surface area contributed by atoms with Crippen molar-refractivity contribution in [1.29, 1.82) is 0 Å². The summed E-state index contributed by atoms with van der Waals surface area (Å²) in [5, 5.41) is 13.7. The Morgan fingerprint density at radius 2 is 2.15 bits per heavy atom. The van der Waals surface area contributed by atoms with E-state index >= 15 is 0 Å². The number of halogens is 1. The Bertz CT molecular complexity index is 493. The molecule has 1 unspecified atom stereocenters. The zero-order valence-electron chi connectivity index (χ0n) is 10.8. The number of nitrogens with zero attached hydrogens (tertiary/aromatic N) is 2. The molecule has 1 atom stereocenters. The molecular formula is C13H16ClN3O2S. The summed E-state index contributed by atoms with van der Waals surface area (Å²) in [6.07, 6.45) is 1.86. The van der Waals surface area contributed by atoms with Gasteiger partial charge in [-0.25, -0.2) is 0 Å². The van der Waals surface area contributed by atoms with Crippen LogP contribution in [0.25, 0.3) is 0 Å². The fourth-order valence-corrected chi connectivity index (χ4v) is 2.10. The first-order chi connectivity index (χ1) is 9.74. The van der Waals surface area contributed by atoms with Crippen molar-refractivity contribution in [2.75, 3.05) is 19.7 Å². The van der Waals surface area contributed by atoms with Crippen LogP contribution in [-0.4, -0.2) is 39.7 Å². The van der Waals surface area contributed by atoms with E-state index in [1.165, 1.54) is 11.8 Å². The first-order valence-electron chi connectivity index (χ1n) is 6.27. The van der Waals surface area contributed by atoms with Crippen molar-refractivity contribution < 1.29 is 9.84 Å². The summed E-state index contributed by atoms with van der Waals surface area (Å²) in [4.78, 5) is 0. The number of hydrogen-bond acceptors (Lipinski definition) is 6. The minimum Gasteiger partial charge on any atom is -0.473 e. The van der Waals surface area contributed by atoms with Crippen molar-refractivity contribution in [3.63, 3.8) is 0 Å². The highest BCUT2D eigenvalue weighted by atomic mass is 35.5. The molecule has 0 aliphatic heterocycles. The molecule has 2 N–H and O–H groups in total. The van der Waals surface area contributed by atoms with Crippen LogP contribution in [-0.2, 0) is 6.42 Å². The van der Waals surface area contributed by atoms with Gasteiger partial charge in [-0.3, -0.25) is 0 Å². The maximum absolute atomic E-state index is 9.73. The van der Waals surface area contributed by atoms with E-state index in [1.807, 2.05) is 24.3 Å². The second-order valence-electron chi connectivity index (χ2n) is 4.29. The monoisotopic (exact) mass is 313 g/mol. The summed E-state index contributed by atoms with van der Waals surface area (Å²) < 4.78 is 13.0. The average molecular weight is 314 g/mol. The molecule has 2 aromatic rings. The van der Waals surface area contributed by atoms with Crippen LogP contribution in [0.2, 0.25) is 5.02 Å². The van der Waals surface area contributed by atoms with Gasteiger partial charge in [0.05, 0.1) is 11.7 Å². The highest BCUT2D eigenvalue weighted by Gasteiger charge is 2.06. The lowest BCUT2D eigenvalue weighted by atomic mass is 10.1. The molecule has 0 bridgehead atoms. The van der Waals surface area contributed by atoms with E-state index in [2.05, 4.69) is 14.1 Å². The number of rotatable bonds is 8. The predicted octanol–water partition coefficient (Wildman–Crippen LogP) is 1.76. The predicted molar refractivity (Wildman–Crippen MR) is 79.4 cm³/mol. The minimum absolute atomic E-state index is 0.208. The van der Waals surface area contributed by atoms with Gasteiger partial charge in [0.1, 0.15) is 18.9 Å². The quantitative estimate of drug-likeness (QED) is 0.727. The van der Waals surface area contributed by atoms with E-state index in [0.29, 0.717) is 12.4 Å². The number of hydrogen-bond donors (Lipinski definition) is 2. The van der Waals surface area contributed by atoms with Crippen LogP contribution in [0, 0.1) is 0 Å². The molecule has 0 saturated heterocycles. The van der Waals surface area contributed by atoms with Crippen molar-refractivity contribution in [1.82, 2.24) is 14.1 Å². The van der Waals surface area contributed by atoms with E-state index in [-0.39, 0.29) is 6.61 Å². The second kappa shape index (κ2) is 8.16. The summed E-state index contributed by atoms with van der Waals surface area (Å²) in [6.45, 7) is 1.47. The largest absolute Gasteiger partial charge is 0.473 e. The maximum atomic E-state index is 9.73. The number of nitrogens with one attached hydrogen (secondary N) is 1. The van der Waals surface area contributed by atoms with Crippen LogP contribution >= 0.6 is 23.3 Å². The van der Waals surface area contributed by atoms with Gasteiger partial charge >= 0.3 is 0 Å². The summed E-state index contributed by atoms with van der Waals surface area (Å²) in [5.41, 5.74) is 1.21. The minimum atomic E-state index is -0.568. The van der Waals surface area contributed by atoms with Gasteiger partial charge in [-0.15, -0.1) is 4.37 Å². The number of aliphatic hydroxyl groups is 1. The van der Waals surface area contributed by atoms with E-state index < -0.39 is 6.10 Å². The molecule has 0 radical (unpaired) electrons. The molecule has 0 fully saturated rings. The topological polar surface area (TPSA) is 67.3 Å². The Kier molecular flexibility index (Phi) is 6.20. The highest BCUT2D eigenvalue weighted by Crippen LogP contribution is 2.09. The van der Waals surface area contributed by atoms with Crippen molar-refractivity contribution in [2.45, 2.75) is 12.5 Å².